The molecule has 4 heteroatoms. The van der Waals surface area contributed by atoms with E-state index >= 15 is 0 Å². The summed E-state index contributed by atoms with van der Waals surface area (Å²) in [7, 11) is 1.35. The number of methoxy groups -OCH3 is 1. The second-order valence-corrected chi connectivity index (χ2v) is 1.42. The molecular formula is C5H9IO2Zn. The van der Waals surface area contributed by atoms with Crippen LogP contribution in [0.5, 0.6) is 0 Å². The molecule has 0 aliphatic rings. The Morgan fingerprint density at radius 3 is 2.11 bits per heavy atom. The van der Waals surface area contributed by atoms with Crippen LogP contribution in [-0.4, -0.2) is 13.1 Å². The summed E-state index contributed by atoms with van der Waals surface area (Å²) in [5.74, 6) is -0.509. The molecule has 2 nitrogen and oxygen atoms in total. The van der Waals surface area contributed by atoms with E-state index in [0.717, 1.165) is 0 Å². The quantitative estimate of drug-likeness (QED) is 0.317. The van der Waals surface area contributed by atoms with Crippen LogP contribution in [0.4, 0.5) is 0 Å². The van der Waals surface area contributed by atoms with Crippen molar-refractivity contribution in [3.05, 3.63) is 6.92 Å². The number of carbonyl (C=O) groups excluding carboxylic acids is 1. The fraction of sp³-hybridized carbons (Fsp3) is 0.600. The van der Waals surface area contributed by atoms with Crippen LogP contribution in [-0.2, 0) is 24.3 Å². The van der Waals surface area contributed by atoms with Gasteiger partial charge in [-0.2, -0.15) is 0 Å². The molecule has 0 bridgehead atoms. The van der Waals surface area contributed by atoms with E-state index in [2.05, 4.69) is 31.4 Å². The van der Waals surface area contributed by atoms with Gasteiger partial charge in [-0.3, -0.25) is 4.79 Å². The number of carbonyl (C=O) groups is 1. The van der Waals surface area contributed by atoms with Gasteiger partial charge < -0.3 is 11.7 Å². The van der Waals surface area contributed by atoms with Crippen molar-refractivity contribution in [2.24, 2.45) is 5.92 Å². The average molecular weight is 293 g/mol. The van der Waals surface area contributed by atoms with Crippen LogP contribution in [0.25, 0.3) is 0 Å². The third-order valence-electron chi connectivity index (χ3n) is 0.604. The number of esters is 1. The molecule has 0 aromatic rings. The SMILES string of the molecule is [CH2-][C@@H](C)C(=O)OC.[Zn+][I]. The summed E-state index contributed by atoms with van der Waals surface area (Å²) in [6, 6.07) is 0. The monoisotopic (exact) mass is 292 g/mol. The topological polar surface area (TPSA) is 26.3 Å². The van der Waals surface area contributed by atoms with Crippen molar-refractivity contribution < 1.29 is 24.3 Å². The van der Waals surface area contributed by atoms with E-state index in [0.29, 0.717) is 0 Å². The van der Waals surface area contributed by atoms with Crippen LogP contribution >= 0.6 is 19.8 Å². The fourth-order valence-corrected chi connectivity index (χ4v) is 0.201. The van der Waals surface area contributed by atoms with Crippen LogP contribution in [0.3, 0.4) is 0 Å². The molecule has 1 atom stereocenters. The van der Waals surface area contributed by atoms with Gasteiger partial charge in [0.25, 0.3) is 5.97 Å². The molecule has 0 unspecified atom stereocenters. The molecule has 0 saturated heterocycles. The van der Waals surface area contributed by atoms with Gasteiger partial charge in [0.1, 0.15) is 0 Å². The molecule has 0 aliphatic carbocycles. The van der Waals surface area contributed by atoms with Gasteiger partial charge in [-0.1, -0.05) is 12.8 Å². The number of hydrogen-bond acceptors (Lipinski definition) is 2. The molecule has 0 heterocycles. The van der Waals surface area contributed by atoms with E-state index in [1.54, 1.807) is 6.92 Å². The van der Waals surface area contributed by atoms with E-state index < -0.39 is 0 Å². The van der Waals surface area contributed by atoms with Crippen molar-refractivity contribution in [2.75, 3.05) is 7.11 Å². The molecule has 50 valence electrons. The van der Waals surface area contributed by atoms with Gasteiger partial charge in [-0.15, -0.1) is 0 Å². The Bertz CT molecular complexity index is 75.4. The van der Waals surface area contributed by atoms with E-state index in [-0.39, 0.29) is 11.9 Å². The summed E-state index contributed by atoms with van der Waals surface area (Å²) in [6.07, 6.45) is 0. The molecule has 0 fully saturated rings. The van der Waals surface area contributed by atoms with Crippen LogP contribution in [0.15, 0.2) is 0 Å². The van der Waals surface area contributed by atoms with Crippen molar-refractivity contribution in [2.45, 2.75) is 6.92 Å². The van der Waals surface area contributed by atoms with Crippen LogP contribution in [0, 0.1) is 12.8 Å². The third-order valence-corrected chi connectivity index (χ3v) is 0.604. The van der Waals surface area contributed by atoms with E-state index in [9.17, 15) is 4.79 Å². The van der Waals surface area contributed by atoms with E-state index in [1.165, 1.54) is 21.9 Å². The molecule has 0 radical (unpaired) electrons. The normalized spacial score (nSPS) is 10.9. The minimum absolute atomic E-state index is 0.245. The first-order valence-electron chi connectivity index (χ1n) is 2.36. The van der Waals surface area contributed by atoms with Gasteiger partial charge in [-0.05, 0) is 0 Å². The van der Waals surface area contributed by atoms with Gasteiger partial charge in [0.15, 0.2) is 0 Å². The summed E-state index contributed by atoms with van der Waals surface area (Å²) in [5, 5.41) is 0. The standard InChI is InChI=1S/C5H9O2.HI.Zn/c1-4(2)5(6)7-3;;/h4H,1H2,2-3H3;1H;/q-1;;+2/p-1/t4-;;/m0../s1. The Kier molecular flexibility index (Phi) is 12.2. The predicted octanol–water partition coefficient (Wildman–Crippen LogP) is 1.51. The van der Waals surface area contributed by atoms with Gasteiger partial charge in [-0.25, -0.2) is 0 Å². The zero-order chi connectivity index (χ0) is 7.86. The molecule has 0 amide bonds. The Morgan fingerprint density at radius 2 is 2.11 bits per heavy atom. The molecule has 0 aromatic heterocycles. The van der Waals surface area contributed by atoms with Crippen molar-refractivity contribution in [3.8, 4) is 0 Å². The number of rotatable bonds is 1. The maximum atomic E-state index is 10.2. The van der Waals surface area contributed by atoms with Crippen LogP contribution < -0.4 is 0 Å². The second kappa shape index (κ2) is 8.82. The summed E-state index contributed by atoms with van der Waals surface area (Å²) in [4.78, 5) is 10.2. The second-order valence-electron chi connectivity index (χ2n) is 1.42. The van der Waals surface area contributed by atoms with Gasteiger partial charge in [0, 0.05) is 0 Å². The summed E-state index contributed by atoms with van der Waals surface area (Å²) < 4.78 is 4.31. The van der Waals surface area contributed by atoms with Crippen molar-refractivity contribution in [1.82, 2.24) is 0 Å². The Labute approximate surface area is 76.6 Å². The summed E-state index contributed by atoms with van der Waals surface area (Å²) >= 11 is 3.62. The Hall–Kier alpha value is 0.823. The zero-order valence-corrected chi connectivity index (χ0v) is 10.8. The fourth-order valence-electron chi connectivity index (χ4n) is 0.201. The van der Waals surface area contributed by atoms with Gasteiger partial charge in [0.2, 0.25) is 0 Å². The Morgan fingerprint density at radius 1 is 1.78 bits per heavy atom. The van der Waals surface area contributed by atoms with E-state index in [4.69, 9.17) is 0 Å². The Balaban J connectivity index is 0. The summed E-state index contributed by atoms with van der Waals surface area (Å²) in [5.41, 5.74) is 0. The van der Waals surface area contributed by atoms with Crippen molar-refractivity contribution in [1.29, 1.82) is 0 Å². The van der Waals surface area contributed by atoms with Gasteiger partial charge >= 0.3 is 34.5 Å². The number of ether oxygens (including phenoxy) is 1. The predicted molar refractivity (Wildman–Crippen MR) is 40.6 cm³/mol. The van der Waals surface area contributed by atoms with Crippen LogP contribution in [0.2, 0.25) is 0 Å². The third kappa shape index (κ3) is 8.82. The molecule has 0 aliphatic heterocycles. The molecule has 0 spiro atoms. The van der Waals surface area contributed by atoms with Crippen molar-refractivity contribution >= 4 is 25.7 Å². The first-order valence-corrected chi connectivity index (χ1v) is 11.4. The van der Waals surface area contributed by atoms with E-state index in [1.807, 2.05) is 0 Å². The summed E-state index contributed by atoms with van der Waals surface area (Å²) in [6.45, 7) is 5.12. The van der Waals surface area contributed by atoms with Crippen LogP contribution in [0.1, 0.15) is 6.92 Å². The minimum atomic E-state index is -0.264. The molecule has 0 aromatic carbocycles. The molecule has 0 N–H and O–H groups in total. The molecule has 9 heavy (non-hydrogen) atoms. The number of halogens is 1. The number of hydrogen-bond donors (Lipinski definition) is 0. The average Bonchev–Trinajstić information content (AvgIpc) is 1.91. The van der Waals surface area contributed by atoms with Crippen molar-refractivity contribution in [3.63, 3.8) is 0 Å². The first kappa shape index (κ1) is 12.5. The molecular weight excluding hydrogens is 284 g/mol. The zero-order valence-electron chi connectivity index (χ0n) is 5.69. The molecule has 0 rings (SSSR count). The molecule has 0 saturated carbocycles. The first-order chi connectivity index (χ1) is 4.18. The maximum absolute atomic E-state index is 10.2. The van der Waals surface area contributed by atoms with Gasteiger partial charge in [0.05, 0.1) is 7.11 Å².